The molecule has 2 rings (SSSR count). The van der Waals surface area contributed by atoms with E-state index in [1.54, 1.807) is 35.7 Å². The number of allylic oxidation sites excluding steroid dienone is 2. The van der Waals surface area contributed by atoms with Gasteiger partial charge in [0.05, 0.1) is 0 Å². The highest BCUT2D eigenvalue weighted by Gasteiger charge is 2.04. The molecule has 0 fully saturated rings. The van der Waals surface area contributed by atoms with Crippen LogP contribution >= 0.6 is 22.7 Å². The Morgan fingerprint density at radius 1 is 1.36 bits per heavy atom. The van der Waals surface area contributed by atoms with Crippen LogP contribution in [0.2, 0.25) is 0 Å². The molecule has 0 aliphatic heterocycles. The molecular weight excluding hydrogens is 212 g/mol. The van der Waals surface area contributed by atoms with Gasteiger partial charge in [0.2, 0.25) is 0 Å². The summed E-state index contributed by atoms with van der Waals surface area (Å²) >= 11 is 3.49. The number of thiophene rings is 2. The molecule has 0 atom stereocenters. The summed E-state index contributed by atoms with van der Waals surface area (Å²) in [4.78, 5) is 12.1. The average Bonchev–Trinajstić information content (AvgIpc) is 2.58. The molecule has 2 aromatic rings. The van der Waals surface area contributed by atoms with Gasteiger partial charge in [-0.05, 0) is 43.0 Å². The van der Waals surface area contributed by atoms with Crippen LogP contribution in [-0.2, 0) is 4.79 Å². The summed E-state index contributed by atoms with van der Waals surface area (Å²) in [7, 11) is 0. The van der Waals surface area contributed by atoms with Crippen LogP contribution in [-0.4, -0.2) is 5.78 Å². The second-order valence-electron chi connectivity index (χ2n) is 3.20. The summed E-state index contributed by atoms with van der Waals surface area (Å²) in [5.41, 5.74) is 1.06. The van der Waals surface area contributed by atoms with Gasteiger partial charge in [-0.15, -0.1) is 22.7 Å². The lowest BCUT2D eigenvalue weighted by atomic mass is 10.2. The Morgan fingerprint density at radius 3 is 2.79 bits per heavy atom. The lowest BCUT2D eigenvalue weighted by Gasteiger charge is -1.92. The van der Waals surface area contributed by atoms with E-state index in [1.807, 2.05) is 6.92 Å². The maximum atomic E-state index is 10.9. The normalized spacial score (nSPS) is 12.3. The molecule has 0 aliphatic rings. The molecule has 0 radical (unpaired) electrons. The van der Waals surface area contributed by atoms with Crippen molar-refractivity contribution in [3.63, 3.8) is 0 Å². The second-order valence-corrected chi connectivity index (χ2v) is 5.23. The van der Waals surface area contributed by atoms with Crippen molar-refractivity contribution in [3.8, 4) is 0 Å². The Hall–Kier alpha value is -0.930. The number of hydrogen-bond donors (Lipinski definition) is 0. The summed E-state index contributed by atoms with van der Waals surface area (Å²) in [5.74, 6) is 0.110. The van der Waals surface area contributed by atoms with Gasteiger partial charge in [-0.3, -0.25) is 4.79 Å². The fourth-order valence-corrected chi connectivity index (χ4v) is 3.42. The lowest BCUT2D eigenvalue weighted by molar-refractivity contribution is -0.112. The van der Waals surface area contributed by atoms with Crippen molar-refractivity contribution in [2.75, 3.05) is 0 Å². The van der Waals surface area contributed by atoms with Gasteiger partial charge in [-0.25, -0.2) is 0 Å². The van der Waals surface area contributed by atoms with E-state index in [0.29, 0.717) is 0 Å². The molecule has 0 amide bonds. The van der Waals surface area contributed by atoms with Crippen LogP contribution in [0.4, 0.5) is 0 Å². The Kier molecular flexibility index (Phi) is 2.52. The van der Waals surface area contributed by atoms with Gasteiger partial charge in [0.15, 0.2) is 5.78 Å². The number of carbonyl (C=O) groups excluding carboxylic acids is 1. The average molecular weight is 222 g/mol. The molecule has 0 unspecified atom stereocenters. The molecule has 0 saturated heterocycles. The number of carbonyl (C=O) groups is 1. The van der Waals surface area contributed by atoms with E-state index in [4.69, 9.17) is 0 Å². The highest BCUT2D eigenvalue weighted by atomic mass is 32.1. The first kappa shape index (κ1) is 9.62. The fourth-order valence-electron chi connectivity index (χ4n) is 1.34. The van der Waals surface area contributed by atoms with Crippen molar-refractivity contribution >= 4 is 43.4 Å². The molecule has 0 aromatic carbocycles. The Labute approximate surface area is 90.7 Å². The van der Waals surface area contributed by atoms with Crippen molar-refractivity contribution in [1.29, 1.82) is 0 Å². The molecule has 0 bridgehead atoms. The predicted octanol–water partition coefficient (Wildman–Crippen LogP) is 3.96. The van der Waals surface area contributed by atoms with Crippen LogP contribution in [0.1, 0.15) is 18.7 Å². The summed E-state index contributed by atoms with van der Waals surface area (Å²) < 4.78 is 2.61. The first-order chi connectivity index (χ1) is 6.66. The van der Waals surface area contributed by atoms with Crippen molar-refractivity contribution in [1.82, 2.24) is 0 Å². The van der Waals surface area contributed by atoms with Crippen molar-refractivity contribution in [2.45, 2.75) is 13.8 Å². The zero-order valence-corrected chi connectivity index (χ0v) is 9.67. The predicted molar refractivity (Wildman–Crippen MR) is 64.0 cm³/mol. The molecule has 0 aliphatic carbocycles. The van der Waals surface area contributed by atoms with E-state index >= 15 is 0 Å². The quantitative estimate of drug-likeness (QED) is 0.703. The molecule has 0 N–H and O–H groups in total. The van der Waals surface area contributed by atoms with Gasteiger partial charge in [0.25, 0.3) is 0 Å². The summed E-state index contributed by atoms with van der Waals surface area (Å²) in [6.45, 7) is 3.57. The van der Waals surface area contributed by atoms with Crippen molar-refractivity contribution < 1.29 is 4.79 Å². The van der Waals surface area contributed by atoms with Gasteiger partial charge in [0.1, 0.15) is 0 Å². The zero-order valence-electron chi connectivity index (χ0n) is 8.03. The standard InChI is InChI=1S/C11H10OS2/c1-7(5-8(2)12)10-6-11-9(14-10)3-4-13-11/h3-6H,1-2H3. The topological polar surface area (TPSA) is 17.1 Å². The maximum Gasteiger partial charge on any atom is 0.152 e. The SMILES string of the molecule is CC(=O)C=C(C)c1cc2sccc2s1. The molecule has 2 aromatic heterocycles. The molecule has 14 heavy (non-hydrogen) atoms. The third-order valence-electron chi connectivity index (χ3n) is 1.95. The second kappa shape index (κ2) is 3.67. The fraction of sp³-hybridized carbons (Fsp3) is 0.182. The molecule has 72 valence electrons. The number of rotatable bonds is 2. The minimum absolute atomic E-state index is 0.110. The van der Waals surface area contributed by atoms with Crippen LogP contribution in [0.5, 0.6) is 0 Å². The first-order valence-corrected chi connectivity index (χ1v) is 6.03. The van der Waals surface area contributed by atoms with Gasteiger partial charge in [-0.2, -0.15) is 0 Å². The number of hydrogen-bond acceptors (Lipinski definition) is 3. The lowest BCUT2D eigenvalue weighted by Crippen LogP contribution is -1.82. The largest absolute Gasteiger partial charge is 0.295 e. The number of fused-ring (bicyclic) bond motifs is 1. The number of ketones is 1. The van der Waals surface area contributed by atoms with E-state index < -0.39 is 0 Å². The van der Waals surface area contributed by atoms with Gasteiger partial charge >= 0.3 is 0 Å². The van der Waals surface area contributed by atoms with E-state index in [9.17, 15) is 4.79 Å². The van der Waals surface area contributed by atoms with Crippen molar-refractivity contribution in [2.24, 2.45) is 0 Å². The summed E-state index contributed by atoms with van der Waals surface area (Å²) in [5, 5.41) is 2.09. The van der Waals surface area contributed by atoms with E-state index in [0.717, 1.165) is 5.57 Å². The van der Waals surface area contributed by atoms with Crippen LogP contribution in [0, 0.1) is 0 Å². The summed E-state index contributed by atoms with van der Waals surface area (Å²) in [6, 6.07) is 4.27. The third kappa shape index (κ3) is 1.79. The van der Waals surface area contributed by atoms with Crippen LogP contribution in [0.15, 0.2) is 23.6 Å². The van der Waals surface area contributed by atoms with Gasteiger partial charge in [0, 0.05) is 14.3 Å². The Balaban J connectivity index is 2.44. The molecule has 2 heterocycles. The van der Waals surface area contributed by atoms with E-state index in [2.05, 4.69) is 17.5 Å². The Bertz CT molecular complexity index is 474. The molecule has 0 spiro atoms. The maximum absolute atomic E-state index is 10.9. The molecule has 0 saturated carbocycles. The highest BCUT2D eigenvalue weighted by molar-refractivity contribution is 7.27. The highest BCUT2D eigenvalue weighted by Crippen LogP contribution is 2.33. The minimum Gasteiger partial charge on any atom is -0.295 e. The zero-order chi connectivity index (χ0) is 10.1. The van der Waals surface area contributed by atoms with E-state index in [1.165, 1.54) is 14.3 Å². The monoisotopic (exact) mass is 222 g/mol. The van der Waals surface area contributed by atoms with Gasteiger partial charge < -0.3 is 0 Å². The summed E-state index contributed by atoms with van der Waals surface area (Å²) in [6.07, 6.45) is 1.69. The van der Waals surface area contributed by atoms with Crippen molar-refractivity contribution in [3.05, 3.63) is 28.5 Å². The minimum atomic E-state index is 0.110. The first-order valence-electron chi connectivity index (χ1n) is 4.33. The third-order valence-corrected chi connectivity index (χ3v) is 4.18. The van der Waals surface area contributed by atoms with Gasteiger partial charge in [-0.1, -0.05) is 0 Å². The van der Waals surface area contributed by atoms with Crippen LogP contribution in [0.3, 0.4) is 0 Å². The van der Waals surface area contributed by atoms with Crippen LogP contribution in [0.25, 0.3) is 15.0 Å². The molecule has 3 heteroatoms. The van der Waals surface area contributed by atoms with Crippen LogP contribution < -0.4 is 0 Å². The molecule has 1 nitrogen and oxygen atoms in total. The molecular formula is C11H10OS2. The Morgan fingerprint density at radius 2 is 2.14 bits per heavy atom. The smallest absolute Gasteiger partial charge is 0.152 e. The van der Waals surface area contributed by atoms with E-state index in [-0.39, 0.29) is 5.78 Å².